The van der Waals surface area contributed by atoms with E-state index >= 15 is 0 Å². The summed E-state index contributed by atoms with van der Waals surface area (Å²) in [7, 11) is -3.54. The third kappa shape index (κ3) is 3.00. The van der Waals surface area contributed by atoms with E-state index in [4.69, 9.17) is 11.6 Å². The smallest absolute Gasteiger partial charge is 0.262 e. The summed E-state index contributed by atoms with van der Waals surface area (Å²) >= 11 is 5.84. The van der Waals surface area contributed by atoms with Crippen LogP contribution < -0.4 is 0 Å². The molecule has 1 aromatic heterocycles. The van der Waals surface area contributed by atoms with Crippen LogP contribution in [0.4, 0.5) is 0 Å². The van der Waals surface area contributed by atoms with Crippen molar-refractivity contribution in [1.29, 1.82) is 0 Å². The molecule has 1 aromatic rings. The number of hydrogen-bond acceptors (Lipinski definition) is 4. The summed E-state index contributed by atoms with van der Waals surface area (Å²) in [5, 5.41) is 6.73. The number of aryl methyl sites for hydroxylation is 1. The lowest BCUT2D eigenvalue weighted by atomic mass is 10.3. The van der Waals surface area contributed by atoms with Gasteiger partial charge in [0.2, 0.25) is 0 Å². The van der Waals surface area contributed by atoms with Gasteiger partial charge in [0, 0.05) is 37.4 Å². The molecule has 0 radical (unpaired) electrons. The highest BCUT2D eigenvalue weighted by Gasteiger charge is 2.32. The van der Waals surface area contributed by atoms with Crippen LogP contribution in [-0.2, 0) is 15.9 Å². The van der Waals surface area contributed by atoms with Gasteiger partial charge in [0.15, 0.2) is 5.03 Å². The van der Waals surface area contributed by atoms with Crippen molar-refractivity contribution in [2.24, 2.45) is 0 Å². The van der Waals surface area contributed by atoms with E-state index in [1.54, 1.807) is 6.92 Å². The quantitative estimate of drug-likeness (QED) is 0.827. The van der Waals surface area contributed by atoms with Crippen molar-refractivity contribution < 1.29 is 8.42 Å². The van der Waals surface area contributed by atoms with Crippen LogP contribution in [0.1, 0.15) is 24.6 Å². The van der Waals surface area contributed by atoms with E-state index in [2.05, 4.69) is 22.0 Å². The molecule has 0 unspecified atom stereocenters. The molecule has 1 aliphatic heterocycles. The number of alkyl halides is 1. The van der Waals surface area contributed by atoms with Gasteiger partial charge < -0.3 is 4.90 Å². The van der Waals surface area contributed by atoms with Crippen LogP contribution in [0.2, 0.25) is 0 Å². The first-order chi connectivity index (χ1) is 9.50. The van der Waals surface area contributed by atoms with Gasteiger partial charge in [-0.3, -0.25) is 5.10 Å². The Morgan fingerprint density at radius 2 is 1.95 bits per heavy atom. The maximum atomic E-state index is 12.6. The Labute approximate surface area is 125 Å². The zero-order valence-corrected chi connectivity index (χ0v) is 13.5. The van der Waals surface area contributed by atoms with E-state index in [1.165, 1.54) is 4.31 Å². The van der Waals surface area contributed by atoms with Crippen LogP contribution in [-0.4, -0.2) is 60.5 Å². The molecule has 0 saturated carbocycles. The van der Waals surface area contributed by atoms with Gasteiger partial charge in [-0.05, 0) is 19.9 Å². The van der Waals surface area contributed by atoms with Crippen LogP contribution in [0.15, 0.2) is 5.03 Å². The Balaban J connectivity index is 2.15. The Hall–Kier alpha value is -0.630. The first kappa shape index (κ1) is 15.8. The zero-order chi connectivity index (χ0) is 14.8. The second-order valence-corrected chi connectivity index (χ2v) is 7.13. The fraction of sp³-hybridized carbons (Fsp3) is 0.750. The van der Waals surface area contributed by atoms with Crippen LogP contribution in [0.25, 0.3) is 0 Å². The predicted octanol–water partition coefficient (Wildman–Crippen LogP) is 1.17. The average Bonchev–Trinajstić information content (AvgIpc) is 2.81. The van der Waals surface area contributed by atoms with Gasteiger partial charge in [0.25, 0.3) is 10.0 Å². The fourth-order valence-electron chi connectivity index (χ4n) is 2.43. The van der Waals surface area contributed by atoms with Crippen LogP contribution in [0.3, 0.4) is 0 Å². The van der Waals surface area contributed by atoms with E-state index < -0.39 is 10.0 Å². The molecule has 2 heterocycles. The second kappa shape index (κ2) is 6.43. The van der Waals surface area contributed by atoms with Crippen LogP contribution in [0.5, 0.6) is 0 Å². The van der Waals surface area contributed by atoms with Gasteiger partial charge in [-0.25, -0.2) is 8.42 Å². The third-order valence-electron chi connectivity index (χ3n) is 3.62. The minimum absolute atomic E-state index is 0.0777. The summed E-state index contributed by atoms with van der Waals surface area (Å²) in [5.41, 5.74) is 1.28. The molecule has 0 atom stereocenters. The zero-order valence-electron chi connectivity index (χ0n) is 11.9. The van der Waals surface area contributed by atoms with Crippen LogP contribution >= 0.6 is 11.6 Å². The lowest BCUT2D eigenvalue weighted by Gasteiger charge is -2.33. The van der Waals surface area contributed by atoms with Crippen molar-refractivity contribution in [3.8, 4) is 0 Å². The molecule has 1 aliphatic rings. The maximum absolute atomic E-state index is 12.6. The van der Waals surface area contributed by atoms with Gasteiger partial charge in [0.05, 0.1) is 5.88 Å². The lowest BCUT2D eigenvalue weighted by Crippen LogP contribution is -2.48. The average molecular weight is 321 g/mol. The molecule has 20 heavy (non-hydrogen) atoms. The molecule has 1 fully saturated rings. The van der Waals surface area contributed by atoms with Crippen molar-refractivity contribution in [3.63, 3.8) is 0 Å². The Kier molecular flexibility index (Phi) is 5.06. The van der Waals surface area contributed by atoms with E-state index in [0.717, 1.165) is 26.1 Å². The Bertz CT molecular complexity index is 550. The van der Waals surface area contributed by atoms with E-state index in [0.29, 0.717) is 24.3 Å². The summed E-state index contributed by atoms with van der Waals surface area (Å²) in [4.78, 5) is 2.28. The molecular weight excluding hydrogens is 300 g/mol. The van der Waals surface area contributed by atoms with Crippen LogP contribution in [0, 0.1) is 6.92 Å². The number of rotatable bonds is 5. The molecule has 1 N–H and O–H groups in total. The highest BCUT2D eigenvalue weighted by molar-refractivity contribution is 7.89. The monoisotopic (exact) mass is 320 g/mol. The van der Waals surface area contributed by atoms with Gasteiger partial charge >= 0.3 is 0 Å². The number of piperazine rings is 1. The third-order valence-corrected chi connectivity index (χ3v) is 5.76. The molecule has 0 aliphatic carbocycles. The van der Waals surface area contributed by atoms with E-state index in [1.807, 2.05) is 0 Å². The number of H-pyrrole nitrogens is 1. The molecule has 0 amide bonds. The minimum Gasteiger partial charge on any atom is -0.301 e. The van der Waals surface area contributed by atoms with Crippen molar-refractivity contribution in [2.75, 3.05) is 32.7 Å². The first-order valence-electron chi connectivity index (χ1n) is 6.83. The molecule has 1 saturated heterocycles. The molecule has 114 valence electrons. The van der Waals surface area contributed by atoms with Crippen molar-refractivity contribution in [3.05, 3.63) is 11.3 Å². The first-order valence-corrected chi connectivity index (χ1v) is 8.80. The maximum Gasteiger partial charge on any atom is 0.262 e. The highest BCUT2D eigenvalue weighted by atomic mass is 35.5. The van der Waals surface area contributed by atoms with Gasteiger partial charge in [-0.1, -0.05) is 6.92 Å². The Morgan fingerprint density at radius 3 is 2.50 bits per heavy atom. The van der Waals surface area contributed by atoms with Crippen molar-refractivity contribution in [1.82, 2.24) is 19.4 Å². The Morgan fingerprint density at radius 1 is 1.30 bits per heavy atom. The van der Waals surface area contributed by atoms with E-state index in [-0.39, 0.29) is 10.9 Å². The van der Waals surface area contributed by atoms with E-state index in [9.17, 15) is 8.42 Å². The summed E-state index contributed by atoms with van der Waals surface area (Å²) in [6, 6.07) is 0. The molecule has 8 heteroatoms. The fourth-order valence-corrected chi connectivity index (χ4v) is 4.43. The molecule has 0 aromatic carbocycles. The number of halogens is 1. The minimum atomic E-state index is -3.54. The number of aromatic nitrogens is 2. The molecule has 2 rings (SSSR count). The number of aromatic amines is 1. The largest absolute Gasteiger partial charge is 0.301 e. The predicted molar refractivity (Wildman–Crippen MR) is 78.4 cm³/mol. The molecular formula is C12H21ClN4O2S. The molecule has 6 nitrogen and oxygen atoms in total. The van der Waals surface area contributed by atoms with Gasteiger partial charge in [-0.15, -0.1) is 11.6 Å². The normalized spacial score (nSPS) is 18.6. The summed E-state index contributed by atoms with van der Waals surface area (Å²) < 4.78 is 26.7. The highest BCUT2D eigenvalue weighted by Crippen LogP contribution is 2.23. The standard InChI is InChI=1S/C12H21ClN4O2S/c1-3-4-16-5-7-17(8-6-16)20(18,19)12-11(9-13)10(2)14-15-12/h3-9H2,1-2H3,(H,14,15). The second-order valence-electron chi connectivity index (χ2n) is 5.01. The number of nitrogens with zero attached hydrogens (tertiary/aromatic N) is 3. The molecule has 0 spiro atoms. The van der Waals surface area contributed by atoms with Crippen molar-refractivity contribution in [2.45, 2.75) is 31.2 Å². The lowest BCUT2D eigenvalue weighted by molar-refractivity contribution is 0.188. The number of hydrogen-bond donors (Lipinski definition) is 1. The summed E-state index contributed by atoms with van der Waals surface area (Å²) in [6.45, 7) is 7.49. The van der Waals surface area contributed by atoms with Crippen molar-refractivity contribution >= 4 is 21.6 Å². The molecule has 0 bridgehead atoms. The number of sulfonamides is 1. The van der Waals surface area contributed by atoms with Gasteiger partial charge in [-0.2, -0.15) is 9.40 Å². The SMILES string of the molecule is CCCN1CCN(S(=O)(=O)c2n[nH]c(C)c2CCl)CC1. The topological polar surface area (TPSA) is 69.3 Å². The summed E-state index contributed by atoms with van der Waals surface area (Å²) in [6.07, 6.45) is 1.09. The summed E-state index contributed by atoms with van der Waals surface area (Å²) in [5.74, 6) is 0.146. The number of nitrogens with one attached hydrogen (secondary N) is 1. The van der Waals surface area contributed by atoms with Gasteiger partial charge in [0.1, 0.15) is 0 Å².